The third kappa shape index (κ3) is 1.73. The fourth-order valence-corrected chi connectivity index (χ4v) is 1.45. The maximum Gasteiger partial charge on any atom is 0.215 e. The van der Waals surface area contributed by atoms with Gasteiger partial charge in [0.25, 0.3) is 0 Å². The molecule has 1 aromatic carbocycles. The lowest BCUT2D eigenvalue weighted by Gasteiger charge is -2.09. The summed E-state index contributed by atoms with van der Waals surface area (Å²) in [7, 11) is 0. The molecule has 0 amide bonds. The lowest BCUT2D eigenvalue weighted by Crippen LogP contribution is -2.23. The maximum atomic E-state index is 9.34. The molecular formula is C11H14N2O2. The Morgan fingerprint density at radius 1 is 1.47 bits per heavy atom. The standard InChI is InChI=1S/C11H14N2O2/c1-6-4-3-5-8-10(6)15-11(13-8)9(12)7(2)14/h3-5,7,9,14H,12H2,1-2H3. The van der Waals surface area contributed by atoms with Gasteiger partial charge in [-0.25, -0.2) is 4.98 Å². The molecule has 2 rings (SSSR count). The number of nitrogens with zero attached hydrogens (tertiary/aromatic N) is 1. The third-order valence-corrected chi connectivity index (χ3v) is 2.43. The summed E-state index contributed by atoms with van der Waals surface area (Å²) in [6, 6.07) is 5.16. The molecule has 0 radical (unpaired) electrons. The monoisotopic (exact) mass is 206 g/mol. The number of para-hydroxylation sites is 1. The first-order valence-corrected chi connectivity index (χ1v) is 4.89. The van der Waals surface area contributed by atoms with Crippen molar-refractivity contribution in [1.82, 2.24) is 4.98 Å². The van der Waals surface area contributed by atoms with Gasteiger partial charge in [0, 0.05) is 0 Å². The van der Waals surface area contributed by atoms with Crippen molar-refractivity contribution in [2.75, 3.05) is 0 Å². The number of oxazole rings is 1. The van der Waals surface area contributed by atoms with Crippen molar-refractivity contribution in [1.29, 1.82) is 0 Å². The Hall–Kier alpha value is -1.39. The first kappa shape index (κ1) is 10.1. The first-order chi connectivity index (χ1) is 7.09. The van der Waals surface area contributed by atoms with Crippen LogP contribution in [0, 0.1) is 6.92 Å². The molecule has 0 aliphatic carbocycles. The first-order valence-electron chi connectivity index (χ1n) is 4.89. The van der Waals surface area contributed by atoms with Crippen LogP contribution >= 0.6 is 0 Å². The van der Waals surface area contributed by atoms with E-state index in [9.17, 15) is 5.11 Å². The minimum Gasteiger partial charge on any atom is -0.439 e. The van der Waals surface area contributed by atoms with Gasteiger partial charge in [-0.2, -0.15) is 0 Å². The van der Waals surface area contributed by atoms with E-state index in [1.807, 2.05) is 25.1 Å². The zero-order chi connectivity index (χ0) is 11.0. The molecule has 0 aliphatic rings. The van der Waals surface area contributed by atoms with Crippen LogP contribution in [0.4, 0.5) is 0 Å². The molecule has 0 bridgehead atoms. The molecule has 0 aliphatic heterocycles. The number of hydrogen-bond acceptors (Lipinski definition) is 4. The molecule has 0 saturated carbocycles. The van der Waals surface area contributed by atoms with Crippen LogP contribution in [0.2, 0.25) is 0 Å². The summed E-state index contributed by atoms with van der Waals surface area (Å²) in [6.45, 7) is 3.57. The number of hydrogen-bond donors (Lipinski definition) is 2. The van der Waals surface area contributed by atoms with E-state index in [0.29, 0.717) is 5.89 Å². The quantitative estimate of drug-likeness (QED) is 0.781. The van der Waals surface area contributed by atoms with Gasteiger partial charge in [0.15, 0.2) is 5.58 Å². The van der Waals surface area contributed by atoms with Crippen molar-refractivity contribution in [3.8, 4) is 0 Å². The number of aliphatic hydroxyl groups excluding tert-OH is 1. The topological polar surface area (TPSA) is 72.3 Å². The van der Waals surface area contributed by atoms with Gasteiger partial charge in [0.1, 0.15) is 11.6 Å². The van der Waals surface area contributed by atoms with Crippen molar-refractivity contribution in [2.45, 2.75) is 26.0 Å². The van der Waals surface area contributed by atoms with Crippen molar-refractivity contribution >= 4 is 11.1 Å². The summed E-state index contributed by atoms with van der Waals surface area (Å²) in [6.07, 6.45) is -0.668. The van der Waals surface area contributed by atoms with Gasteiger partial charge in [-0.3, -0.25) is 0 Å². The van der Waals surface area contributed by atoms with E-state index < -0.39 is 12.1 Å². The Kier molecular flexibility index (Phi) is 2.46. The van der Waals surface area contributed by atoms with Crippen LogP contribution in [0.25, 0.3) is 11.1 Å². The Balaban J connectivity index is 2.52. The summed E-state index contributed by atoms with van der Waals surface area (Å²) in [5, 5.41) is 9.34. The summed E-state index contributed by atoms with van der Waals surface area (Å²) >= 11 is 0. The van der Waals surface area contributed by atoms with E-state index in [-0.39, 0.29) is 0 Å². The minimum absolute atomic E-state index is 0.384. The number of aliphatic hydroxyl groups is 1. The minimum atomic E-state index is -0.668. The fourth-order valence-electron chi connectivity index (χ4n) is 1.45. The average Bonchev–Trinajstić information content (AvgIpc) is 2.61. The van der Waals surface area contributed by atoms with E-state index in [0.717, 1.165) is 16.7 Å². The lowest BCUT2D eigenvalue weighted by atomic mass is 10.2. The van der Waals surface area contributed by atoms with Crippen molar-refractivity contribution < 1.29 is 9.52 Å². The number of rotatable bonds is 2. The van der Waals surface area contributed by atoms with Gasteiger partial charge in [0.05, 0.1) is 6.10 Å². The molecule has 3 N–H and O–H groups in total. The largest absolute Gasteiger partial charge is 0.439 e. The number of nitrogens with two attached hydrogens (primary N) is 1. The van der Waals surface area contributed by atoms with Gasteiger partial charge >= 0.3 is 0 Å². The molecular weight excluding hydrogens is 192 g/mol. The van der Waals surface area contributed by atoms with E-state index in [1.165, 1.54) is 0 Å². The van der Waals surface area contributed by atoms with Crippen LogP contribution in [0.5, 0.6) is 0 Å². The normalized spacial score (nSPS) is 15.5. The predicted octanol–water partition coefficient (Wildman–Crippen LogP) is 1.52. The average molecular weight is 206 g/mol. The summed E-state index contributed by atoms with van der Waals surface area (Å²) in [4.78, 5) is 4.24. The van der Waals surface area contributed by atoms with E-state index in [2.05, 4.69) is 4.98 Å². The number of aryl methyl sites for hydroxylation is 1. The Morgan fingerprint density at radius 2 is 2.20 bits per heavy atom. The smallest absolute Gasteiger partial charge is 0.215 e. The molecule has 80 valence electrons. The van der Waals surface area contributed by atoms with Crippen molar-refractivity contribution in [3.63, 3.8) is 0 Å². The highest BCUT2D eigenvalue weighted by molar-refractivity contribution is 5.76. The second-order valence-corrected chi connectivity index (χ2v) is 3.74. The molecule has 0 fully saturated rings. The third-order valence-electron chi connectivity index (χ3n) is 2.43. The SMILES string of the molecule is Cc1cccc2nc(C(N)C(C)O)oc12. The van der Waals surface area contributed by atoms with Crippen LogP contribution in [-0.2, 0) is 0 Å². The van der Waals surface area contributed by atoms with E-state index >= 15 is 0 Å². The Bertz CT molecular complexity index is 476. The maximum absolute atomic E-state index is 9.34. The number of aromatic nitrogens is 1. The highest BCUT2D eigenvalue weighted by Crippen LogP contribution is 2.23. The van der Waals surface area contributed by atoms with Gasteiger partial charge in [0.2, 0.25) is 5.89 Å². The van der Waals surface area contributed by atoms with E-state index in [1.54, 1.807) is 6.92 Å². The molecule has 2 aromatic rings. The number of benzene rings is 1. The van der Waals surface area contributed by atoms with Gasteiger partial charge in [-0.1, -0.05) is 12.1 Å². The highest BCUT2D eigenvalue weighted by atomic mass is 16.4. The van der Waals surface area contributed by atoms with Gasteiger partial charge in [-0.15, -0.1) is 0 Å². The lowest BCUT2D eigenvalue weighted by molar-refractivity contribution is 0.152. The molecule has 0 saturated heterocycles. The zero-order valence-corrected chi connectivity index (χ0v) is 8.77. The van der Waals surface area contributed by atoms with Crippen LogP contribution in [0.3, 0.4) is 0 Å². The Morgan fingerprint density at radius 3 is 2.80 bits per heavy atom. The molecule has 0 spiro atoms. The highest BCUT2D eigenvalue weighted by Gasteiger charge is 2.18. The number of fused-ring (bicyclic) bond motifs is 1. The molecule has 2 unspecified atom stereocenters. The summed E-state index contributed by atoms with van der Waals surface area (Å²) < 4.78 is 5.53. The summed E-state index contributed by atoms with van der Waals surface area (Å²) in [5.74, 6) is 0.384. The molecule has 2 atom stereocenters. The Labute approximate surface area is 87.7 Å². The molecule has 4 nitrogen and oxygen atoms in total. The molecule has 4 heteroatoms. The van der Waals surface area contributed by atoms with Gasteiger partial charge in [-0.05, 0) is 25.5 Å². The molecule has 15 heavy (non-hydrogen) atoms. The predicted molar refractivity (Wildman–Crippen MR) is 57.4 cm³/mol. The second kappa shape index (κ2) is 3.64. The molecule has 1 aromatic heterocycles. The van der Waals surface area contributed by atoms with Crippen molar-refractivity contribution in [2.24, 2.45) is 5.73 Å². The zero-order valence-electron chi connectivity index (χ0n) is 8.77. The fraction of sp³-hybridized carbons (Fsp3) is 0.364. The molecule has 1 heterocycles. The van der Waals surface area contributed by atoms with Crippen molar-refractivity contribution in [3.05, 3.63) is 29.7 Å². The van der Waals surface area contributed by atoms with Crippen LogP contribution in [-0.4, -0.2) is 16.2 Å². The van der Waals surface area contributed by atoms with Gasteiger partial charge < -0.3 is 15.3 Å². The van der Waals surface area contributed by atoms with E-state index in [4.69, 9.17) is 10.2 Å². The second-order valence-electron chi connectivity index (χ2n) is 3.74. The van der Waals surface area contributed by atoms with Crippen LogP contribution in [0.1, 0.15) is 24.4 Å². The summed E-state index contributed by atoms with van der Waals surface area (Å²) in [5.41, 5.74) is 8.28. The van der Waals surface area contributed by atoms with Crippen LogP contribution < -0.4 is 5.73 Å². The van der Waals surface area contributed by atoms with Crippen LogP contribution in [0.15, 0.2) is 22.6 Å².